The number of nitrogens with one attached hydrogen (secondary N) is 2. The zero-order chi connectivity index (χ0) is 17.7. The molecule has 2 aromatic carbocycles. The van der Waals surface area contributed by atoms with Crippen LogP contribution in [0.1, 0.15) is 15.9 Å². The number of rotatable bonds is 3. The van der Waals surface area contributed by atoms with E-state index in [1.165, 1.54) is 19.2 Å². The molecule has 0 amide bonds. The summed E-state index contributed by atoms with van der Waals surface area (Å²) < 4.78 is 42.8. The van der Waals surface area contributed by atoms with Crippen LogP contribution in [0.2, 0.25) is 0 Å². The van der Waals surface area contributed by atoms with Crippen LogP contribution in [0.4, 0.5) is 24.5 Å². The van der Waals surface area contributed by atoms with Gasteiger partial charge in [-0.15, -0.1) is 0 Å². The van der Waals surface area contributed by atoms with Gasteiger partial charge in [-0.1, -0.05) is 18.2 Å². The van der Waals surface area contributed by atoms with E-state index in [0.717, 1.165) is 12.1 Å². The number of alkyl halides is 3. The molecular weight excluding hydrogens is 341 g/mol. The molecule has 0 radical (unpaired) electrons. The molecule has 24 heavy (non-hydrogen) atoms. The Bertz CT molecular complexity index is 763. The van der Waals surface area contributed by atoms with E-state index in [9.17, 15) is 18.0 Å². The summed E-state index contributed by atoms with van der Waals surface area (Å²) in [4.78, 5) is 11.7. The fraction of sp³-hybridized carbons (Fsp3) is 0.125. The molecule has 8 heteroatoms. The minimum atomic E-state index is -4.44. The number of para-hydroxylation sites is 1. The Morgan fingerprint density at radius 3 is 2.46 bits per heavy atom. The van der Waals surface area contributed by atoms with Crippen LogP contribution in [0.5, 0.6) is 0 Å². The highest BCUT2D eigenvalue weighted by molar-refractivity contribution is 7.80. The van der Waals surface area contributed by atoms with E-state index in [0.29, 0.717) is 5.69 Å². The van der Waals surface area contributed by atoms with Gasteiger partial charge in [-0.05, 0) is 42.5 Å². The number of carbonyl (C=O) groups excluding carboxylic acids is 1. The average Bonchev–Trinajstić information content (AvgIpc) is 2.54. The van der Waals surface area contributed by atoms with Crippen molar-refractivity contribution in [2.24, 2.45) is 0 Å². The first-order chi connectivity index (χ1) is 11.3. The molecule has 0 aliphatic heterocycles. The van der Waals surface area contributed by atoms with Gasteiger partial charge in [-0.25, -0.2) is 4.79 Å². The van der Waals surface area contributed by atoms with Gasteiger partial charge in [0.1, 0.15) is 0 Å². The molecule has 0 aromatic heterocycles. The largest absolute Gasteiger partial charge is 0.465 e. The third-order valence-corrected chi connectivity index (χ3v) is 3.23. The van der Waals surface area contributed by atoms with Crippen LogP contribution in [-0.2, 0) is 10.9 Å². The summed E-state index contributed by atoms with van der Waals surface area (Å²) >= 11 is 5.08. The van der Waals surface area contributed by atoms with Gasteiger partial charge in [0.2, 0.25) is 0 Å². The monoisotopic (exact) mass is 354 g/mol. The molecule has 2 N–H and O–H groups in total. The number of halogens is 3. The van der Waals surface area contributed by atoms with Crippen molar-refractivity contribution in [3.8, 4) is 0 Å². The number of anilines is 2. The van der Waals surface area contributed by atoms with E-state index in [1.54, 1.807) is 24.3 Å². The van der Waals surface area contributed by atoms with Crippen LogP contribution < -0.4 is 10.6 Å². The van der Waals surface area contributed by atoms with Gasteiger partial charge in [-0.2, -0.15) is 13.2 Å². The minimum absolute atomic E-state index is 0.0469. The Balaban J connectivity index is 2.14. The molecule has 0 fully saturated rings. The number of hydrogen-bond donors (Lipinski definition) is 2. The Morgan fingerprint density at radius 1 is 1.08 bits per heavy atom. The summed E-state index contributed by atoms with van der Waals surface area (Å²) in [5.74, 6) is -0.556. The van der Waals surface area contributed by atoms with E-state index >= 15 is 0 Å². The maximum Gasteiger partial charge on any atom is 0.416 e. The third kappa shape index (κ3) is 4.45. The highest BCUT2D eigenvalue weighted by atomic mass is 32.1. The number of ether oxygens (including phenoxy) is 1. The van der Waals surface area contributed by atoms with Crippen molar-refractivity contribution in [1.82, 2.24) is 0 Å². The second-order valence-electron chi connectivity index (χ2n) is 4.69. The lowest BCUT2D eigenvalue weighted by Crippen LogP contribution is -2.21. The first-order valence-electron chi connectivity index (χ1n) is 6.74. The molecule has 0 spiro atoms. The Hall–Kier alpha value is -2.61. The zero-order valence-electron chi connectivity index (χ0n) is 12.5. The molecule has 0 saturated heterocycles. The molecule has 0 heterocycles. The molecule has 0 aliphatic rings. The lowest BCUT2D eigenvalue weighted by Gasteiger charge is -2.14. The molecule has 2 rings (SSSR count). The maximum absolute atomic E-state index is 12.7. The second kappa shape index (κ2) is 7.31. The van der Waals surface area contributed by atoms with Crippen molar-refractivity contribution in [3.63, 3.8) is 0 Å². The smallest absolute Gasteiger partial charge is 0.416 e. The zero-order valence-corrected chi connectivity index (χ0v) is 13.3. The Kier molecular flexibility index (Phi) is 5.40. The third-order valence-electron chi connectivity index (χ3n) is 3.03. The quantitative estimate of drug-likeness (QED) is 0.636. The molecule has 0 unspecified atom stereocenters. The summed E-state index contributed by atoms with van der Waals surface area (Å²) in [6.45, 7) is 0. The van der Waals surface area contributed by atoms with Gasteiger partial charge in [0.25, 0.3) is 0 Å². The second-order valence-corrected chi connectivity index (χ2v) is 5.10. The molecule has 4 nitrogen and oxygen atoms in total. The van der Waals surface area contributed by atoms with Crippen LogP contribution in [0, 0.1) is 0 Å². The number of carbonyl (C=O) groups is 1. The molecule has 0 atom stereocenters. The molecular formula is C16H13F3N2O2S. The van der Waals surface area contributed by atoms with E-state index in [1.807, 2.05) is 0 Å². The number of benzene rings is 2. The summed E-state index contributed by atoms with van der Waals surface area (Å²) in [7, 11) is 1.25. The summed E-state index contributed by atoms with van der Waals surface area (Å²) in [5.41, 5.74) is 0.0325. The first kappa shape index (κ1) is 17.7. The van der Waals surface area contributed by atoms with Crippen molar-refractivity contribution in [2.45, 2.75) is 6.18 Å². The van der Waals surface area contributed by atoms with Crippen LogP contribution >= 0.6 is 12.2 Å². The molecule has 0 aliphatic carbocycles. The minimum Gasteiger partial charge on any atom is -0.465 e. The van der Waals surface area contributed by atoms with Gasteiger partial charge in [0.15, 0.2) is 5.11 Å². The topological polar surface area (TPSA) is 50.4 Å². The van der Waals surface area contributed by atoms with Gasteiger partial charge >= 0.3 is 12.1 Å². The number of thiocarbonyl (C=S) groups is 1. The number of methoxy groups -OCH3 is 1. The van der Waals surface area contributed by atoms with Crippen molar-refractivity contribution in [2.75, 3.05) is 17.7 Å². The van der Waals surface area contributed by atoms with Crippen LogP contribution in [0.15, 0.2) is 48.5 Å². The van der Waals surface area contributed by atoms with Gasteiger partial charge in [-0.3, -0.25) is 0 Å². The number of esters is 1. The Labute approximate surface area is 141 Å². The Morgan fingerprint density at radius 2 is 1.79 bits per heavy atom. The van der Waals surface area contributed by atoms with Gasteiger partial charge in [0, 0.05) is 5.69 Å². The lowest BCUT2D eigenvalue weighted by molar-refractivity contribution is -0.137. The first-order valence-corrected chi connectivity index (χ1v) is 7.14. The van der Waals surface area contributed by atoms with Crippen molar-refractivity contribution in [1.29, 1.82) is 0 Å². The van der Waals surface area contributed by atoms with E-state index in [-0.39, 0.29) is 16.4 Å². The fourth-order valence-electron chi connectivity index (χ4n) is 1.94. The molecule has 0 saturated carbocycles. The van der Waals surface area contributed by atoms with Crippen LogP contribution in [0.3, 0.4) is 0 Å². The van der Waals surface area contributed by atoms with Gasteiger partial charge < -0.3 is 15.4 Å². The standard InChI is InChI=1S/C16H13F3N2O2S/c1-23-14(22)12-7-2-3-8-13(12)21-15(24)20-11-6-4-5-10(9-11)16(17,18)19/h2-9H,1H3,(H2,20,21,24). The fourth-order valence-corrected chi connectivity index (χ4v) is 2.17. The summed E-state index contributed by atoms with van der Waals surface area (Å²) in [6.07, 6.45) is -4.44. The maximum atomic E-state index is 12.7. The molecule has 126 valence electrons. The van der Waals surface area contributed by atoms with Crippen LogP contribution in [0.25, 0.3) is 0 Å². The summed E-state index contributed by atoms with van der Waals surface area (Å²) in [5, 5.41) is 5.47. The normalized spacial score (nSPS) is 10.8. The lowest BCUT2D eigenvalue weighted by atomic mass is 10.2. The van der Waals surface area contributed by atoms with Crippen LogP contribution in [-0.4, -0.2) is 18.2 Å². The summed E-state index contributed by atoms with van der Waals surface area (Å²) in [6, 6.07) is 11.1. The SMILES string of the molecule is COC(=O)c1ccccc1NC(=S)Nc1cccc(C(F)(F)F)c1. The van der Waals surface area contributed by atoms with E-state index < -0.39 is 17.7 Å². The highest BCUT2D eigenvalue weighted by Gasteiger charge is 2.30. The molecule has 2 aromatic rings. The van der Waals surface area contributed by atoms with Crippen molar-refractivity contribution < 1.29 is 22.7 Å². The van der Waals surface area contributed by atoms with E-state index in [2.05, 4.69) is 15.4 Å². The predicted molar refractivity (Wildman–Crippen MR) is 89.1 cm³/mol. The average molecular weight is 354 g/mol. The van der Waals surface area contributed by atoms with Crippen molar-refractivity contribution >= 4 is 34.7 Å². The number of hydrogen-bond acceptors (Lipinski definition) is 3. The van der Waals surface area contributed by atoms with E-state index in [4.69, 9.17) is 12.2 Å². The van der Waals surface area contributed by atoms with Crippen molar-refractivity contribution in [3.05, 3.63) is 59.7 Å². The van der Waals surface area contributed by atoms with Gasteiger partial charge in [0.05, 0.1) is 23.9 Å². The molecule has 0 bridgehead atoms. The highest BCUT2D eigenvalue weighted by Crippen LogP contribution is 2.30. The predicted octanol–water partition coefficient (Wildman–Crippen LogP) is 4.30.